The number of benzene rings is 1. The van der Waals surface area contributed by atoms with Crippen LogP contribution in [0.4, 0.5) is 5.69 Å². The second kappa shape index (κ2) is 5.63. The zero-order valence-electron chi connectivity index (χ0n) is 11.0. The molecule has 1 saturated carbocycles. The summed E-state index contributed by atoms with van der Waals surface area (Å²) in [6.07, 6.45) is 5.01. The monoisotopic (exact) mass is 262 g/mol. The van der Waals surface area contributed by atoms with Gasteiger partial charge in [0, 0.05) is 18.1 Å². The number of rotatable bonds is 2. The van der Waals surface area contributed by atoms with Crippen LogP contribution in [0.15, 0.2) is 18.2 Å². The number of halogens is 1. The predicted octanol–water partition coefficient (Wildman–Crippen LogP) is 4.23. The van der Waals surface area contributed by atoms with Gasteiger partial charge in [0.2, 0.25) is 0 Å². The number of hydrogen-bond donors (Lipinski definition) is 0. The molecule has 1 aromatic rings. The van der Waals surface area contributed by atoms with Crippen LogP contribution in [-0.4, -0.2) is 13.1 Å². The van der Waals surface area contributed by atoms with E-state index in [1.807, 2.05) is 6.07 Å². The molecule has 0 heterocycles. The van der Waals surface area contributed by atoms with E-state index in [1.165, 1.54) is 25.7 Å². The van der Waals surface area contributed by atoms with Gasteiger partial charge in [-0.05, 0) is 37.0 Å². The van der Waals surface area contributed by atoms with Crippen molar-refractivity contribution < 1.29 is 0 Å². The van der Waals surface area contributed by atoms with Crippen molar-refractivity contribution in [2.45, 2.75) is 38.6 Å². The molecule has 0 aliphatic heterocycles. The Bertz CT molecular complexity index is 464. The average Bonchev–Trinajstić information content (AvgIpc) is 2.38. The minimum absolute atomic E-state index is 0.527. The molecule has 18 heavy (non-hydrogen) atoms. The number of nitriles is 1. The molecule has 2 nitrogen and oxygen atoms in total. The van der Waals surface area contributed by atoms with Gasteiger partial charge >= 0.3 is 0 Å². The van der Waals surface area contributed by atoms with Crippen LogP contribution in [-0.2, 0) is 0 Å². The first-order valence-corrected chi connectivity index (χ1v) is 6.92. The molecule has 0 bridgehead atoms. The van der Waals surface area contributed by atoms with Gasteiger partial charge in [-0.1, -0.05) is 31.4 Å². The number of anilines is 1. The Hall–Kier alpha value is -1.20. The third kappa shape index (κ3) is 2.79. The van der Waals surface area contributed by atoms with E-state index in [1.54, 1.807) is 12.1 Å². The van der Waals surface area contributed by atoms with Crippen molar-refractivity contribution in [3.05, 3.63) is 28.8 Å². The summed E-state index contributed by atoms with van der Waals surface area (Å²) in [4.78, 5) is 2.24. The molecule has 0 radical (unpaired) electrons. The van der Waals surface area contributed by atoms with Crippen molar-refractivity contribution in [2.75, 3.05) is 11.9 Å². The third-order valence-electron chi connectivity index (χ3n) is 3.92. The molecule has 1 aromatic carbocycles. The minimum atomic E-state index is 0.527. The normalized spacial score (nSPS) is 23.4. The Morgan fingerprint density at radius 1 is 1.39 bits per heavy atom. The zero-order valence-corrected chi connectivity index (χ0v) is 11.7. The molecule has 1 aliphatic carbocycles. The van der Waals surface area contributed by atoms with Gasteiger partial charge in [-0.15, -0.1) is 0 Å². The zero-order chi connectivity index (χ0) is 13.1. The second-order valence-corrected chi connectivity index (χ2v) is 5.75. The van der Waals surface area contributed by atoms with Gasteiger partial charge in [0.1, 0.15) is 6.07 Å². The fourth-order valence-electron chi connectivity index (χ4n) is 2.84. The lowest BCUT2D eigenvalue weighted by atomic mass is 9.86. The van der Waals surface area contributed by atoms with Gasteiger partial charge in [0.05, 0.1) is 11.3 Å². The number of hydrogen-bond acceptors (Lipinski definition) is 2. The molecule has 0 amide bonds. The molecular weight excluding hydrogens is 244 g/mol. The molecule has 2 atom stereocenters. The summed E-state index contributed by atoms with van der Waals surface area (Å²) in [7, 11) is 2.08. The highest BCUT2D eigenvalue weighted by Crippen LogP contribution is 2.32. The van der Waals surface area contributed by atoms with Crippen molar-refractivity contribution in [2.24, 2.45) is 5.92 Å². The van der Waals surface area contributed by atoms with E-state index in [0.29, 0.717) is 16.6 Å². The SMILES string of the molecule is CC1CCCC(N(C)c2cc(Cl)ccc2C#N)C1. The summed E-state index contributed by atoms with van der Waals surface area (Å²) in [5, 5.41) is 9.88. The first-order valence-electron chi connectivity index (χ1n) is 6.54. The molecule has 2 unspecified atom stereocenters. The molecule has 2 rings (SSSR count). The molecule has 0 aromatic heterocycles. The first kappa shape index (κ1) is 13.2. The van der Waals surface area contributed by atoms with Crippen LogP contribution in [0.1, 0.15) is 38.2 Å². The largest absolute Gasteiger partial charge is 0.370 e. The average molecular weight is 263 g/mol. The van der Waals surface area contributed by atoms with Crippen LogP contribution < -0.4 is 4.90 Å². The Morgan fingerprint density at radius 2 is 2.17 bits per heavy atom. The maximum Gasteiger partial charge on any atom is 0.101 e. The lowest BCUT2D eigenvalue weighted by Gasteiger charge is -2.36. The Morgan fingerprint density at radius 3 is 2.83 bits per heavy atom. The van der Waals surface area contributed by atoms with Crippen LogP contribution in [0.3, 0.4) is 0 Å². The van der Waals surface area contributed by atoms with Crippen LogP contribution in [0, 0.1) is 17.2 Å². The minimum Gasteiger partial charge on any atom is -0.370 e. The third-order valence-corrected chi connectivity index (χ3v) is 4.15. The Labute approximate surface area is 114 Å². The molecule has 96 valence electrons. The first-order chi connectivity index (χ1) is 8.61. The van der Waals surface area contributed by atoms with E-state index in [-0.39, 0.29) is 0 Å². The van der Waals surface area contributed by atoms with Crippen molar-refractivity contribution in [1.29, 1.82) is 5.26 Å². The second-order valence-electron chi connectivity index (χ2n) is 5.31. The van der Waals surface area contributed by atoms with Crippen molar-refractivity contribution in [3.63, 3.8) is 0 Å². The van der Waals surface area contributed by atoms with E-state index in [0.717, 1.165) is 11.6 Å². The fraction of sp³-hybridized carbons (Fsp3) is 0.533. The summed E-state index contributed by atoms with van der Waals surface area (Å²) in [5.74, 6) is 0.774. The highest BCUT2D eigenvalue weighted by Gasteiger charge is 2.23. The molecule has 0 N–H and O–H groups in total. The Kier molecular flexibility index (Phi) is 4.14. The van der Waals surface area contributed by atoms with Crippen molar-refractivity contribution in [3.8, 4) is 6.07 Å². The maximum absolute atomic E-state index is 9.19. The van der Waals surface area contributed by atoms with Gasteiger partial charge < -0.3 is 4.90 Å². The molecule has 3 heteroatoms. The predicted molar refractivity (Wildman–Crippen MR) is 76.0 cm³/mol. The molecule has 0 saturated heterocycles. The van der Waals surface area contributed by atoms with Gasteiger partial charge in [-0.3, -0.25) is 0 Å². The standard InChI is InChI=1S/C15H19ClN2/c1-11-4-3-5-14(8-11)18(2)15-9-13(16)7-6-12(15)10-17/h6-7,9,11,14H,3-5,8H2,1-2H3. The van der Waals surface area contributed by atoms with Crippen LogP contribution in [0.2, 0.25) is 5.02 Å². The summed E-state index contributed by atoms with van der Waals surface area (Å²) in [6, 6.07) is 8.27. The van der Waals surface area contributed by atoms with Gasteiger partial charge in [-0.2, -0.15) is 5.26 Å². The van der Waals surface area contributed by atoms with E-state index < -0.39 is 0 Å². The lowest BCUT2D eigenvalue weighted by molar-refractivity contribution is 0.336. The van der Waals surface area contributed by atoms with Crippen LogP contribution in [0.25, 0.3) is 0 Å². The van der Waals surface area contributed by atoms with E-state index >= 15 is 0 Å². The lowest BCUT2D eigenvalue weighted by Crippen LogP contribution is -2.36. The van der Waals surface area contributed by atoms with Gasteiger partial charge in [0.15, 0.2) is 0 Å². The highest BCUT2D eigenvalue weighted by molar-refractivity contribution is 6.30. The van der Waals surface area contributed by atoms with Gasteiger partial charge in [0.25, 0.3) is 0 Å². The smallest absolute Gasteiger partial charge is 0.101 e. The number of nitrogens with zero attached hydrogens (tertiary/aromatic N) is 2. The molecule has 1 aliphatic rings. The Balaban J connectivity index is 2.25. The van der Waals surface area contributed by atoms with E-state index in [4.69, 9.17) is 11.6 Å². The highest BCUT2D eigenvalue weighted by atomic mass is 35.5. The fourth-order valence-corrected chi connectivity index (χ4v) is 3.01. The van der Waals surface area contributed by atoms with Crippen LogP contribution in [0.5, 0.6) is 0 Å². The summed E-state index contributed by atoms with van der Waals surface area (Å²) in [5.41, 5.74) is 1.67. The van der Waals surface area contributed by atoms with Crippen molar-refractivity contribution in [1.82, 2.24) is 0 Å². The van der Waals surface area contributed by atoms with E-state index in [2.05, 4.69) is 24.9 Å². The van der Waals surface area contributed by atoms with E-state index in [9.17, 15) is 5.26 Å². The topological polar surface area (TPSA) is 27.0 Å². The quantitative estimate of drug-likeness (QED) is 0.798. The van der Waals surface area contributed by atoms with Crippen molar-refractivity contribution >= 4 is 17.3 Å². The summed E-state index contributed by atoms with van der Waals surface area (Å²) in [6.45, 7) is 2.31. The maximum atomic E-state index is 9.19. The van der Waals surface area contributed by atoms with Crippen LogP contribution >= 0.6 is 11.6 Å². The van der Waals surface area contributed by atoms with Gasteiger partial charge in [-0.25, -0.2) is 0 Å². The molecular formula is C15H19ClN2. The molecule has 1 fully saturated rings. The summed E-state index contributed by atoms with van der Waals surface area (Å²) >= 11 is 6.05. The summed E-state index contributed by atoms with van der Waals surface area (Å²) < 4.78 is 0. The molecule has 0 spiro atoms.